The van der Waals surface area contributed by atoms with Gasteiger partial charge in [-0.05, 0) is 70.1 Å². The van der Waals surface area contributed by atoms with E-state index in [2.05, 4.69) is 160 Å². The molecule has 0 radical (unpaired) electrons. The van der Waals surface area contributed by atoms with Gasteiger partial charge in [-0.15, -0.1) is 0 Å². The molecular formula is C52H34N6. The summed E-state index contributed by atoms with van der Waals surface area (Å²) in [5.74, 6) is 2.38. The van der Waals surface area contributed by atoms with E-state index >= 15 is 0 Å². The van der Waals surface area contributed by atoms with Gasteiger partial charge in [0.25, 0.3) is 0 Å². The Morgan fingerprint density at radius 2 is 1.14 bits per heavy atom. The molecule has 6 heteroatoms. The van der Waals surface area contributed by atoms with Crippen LogP contribution in [0.2, 0.25) is 0 Å². The van der Waals surface area contributed by atoms with Gasteiger partial charge < -0.3 is 9.88 Å². The smallest absolute Gasteiger partial charge is 0.159 e. The van der Waals surface area contributed by atoms with Gasteiger partial charge in [-0.25, -0.2) is 15.0 Å². The number of fused-ring (bicyclic) bond motifs is 9. The minimum Gasteiger partial charge on any atom is -0.344 e. The van der Waals surface area contributed by atoms with E-state index in [1.165, 1.54) is 32.3 Å². The van der Waals surface area contributed by atoms with Crippen molar-refractivity contribution in [3.05, 3.63) is 211 Å². The molecule has 12 rings (SSSR count). The Bertz CT molecular complexity index is 3470. The summed E-state index contributed by atoms with van der Waals surface area (Å²) in [7, 11) is 0. The highest BCUT2D eigenvalue weighted by molar-refractivity contribution is 6.25. The molecule has 8 aromatic carbocycles. The van der Waals surface area contributed by atoms with Crippen LogP contribution in [0.4, 0.5) is 0 Å². The summed E-state index contributed by atoms with van der Waals surface area (Å²) in [6.45, 7) is 0. The van der Waals surface area contributed by atoms with Gasteiger partial charge in [0.05, 0.1) is 22.1 Å². The maximum atomic E-state index is 5.33. The number of nitrogens with zero attached hydrogens (tertiary/aromatic N) is 5. The topological polar surface area (TPSA) is 59.5 Å². The number of amidine groups is 2. The van der Waals surface area contributed by atoms with Crippen LogP contribution in [0.1, 0.15) is 22.9 Å². The first-order valence-corrected chi connectivity index (χ1v) is 19.6. The van der Waals surface area contributed by atoms with Crippen molar-refractivity contribution < 1.29 is 0 Å². The molecule has 1 atom stereocenters. The zero-order chi connectivity index (χ0) is 38.2. The number of hydrogen-bond donors (Lipinski definition) is 1. The van der Waals surface area contributed by atoms with E-state index < -0.39 is 6.17 Å². The fourth-order valence-corrected chi connectivity index (χ4v) is 9.01. The van der Waals surface area contributed by atoms with E-state index in [9.17, 15) is 0 Å². The predicted octanol–water partition coefficient (Wildman–Crippen LogP) is 12.1. The van der Waals surface area contributed by atoms with E-state index in [1.54, 1.807) is 0 Å². The molecule has 0 saturated carbocycles. The van der Waals surface area contributed by atoms with Crippen molar-refractivity contribution in [1.29, 1.82) is 0 Å². The summed E-state index contributed by atoms with van der Waals surface area (Å²) < 4.78 is 4.75. The van der Waals surface area contributed by atoms with Crippen LogP contribution in [0.3, 0.4) is 0 Å². The molecule has 0 bridgehead atoms. The van der Waals surface area contributed by atoms with Gasteiger partial charge in [-0.3, -0.25) is 4.57 Å². The summed E-state index contributed by atoms with van der Waals surface area (Å²) >= 11 is 0. The van der Waals surface area contributed by atoms with Gasteiger partial charge in [0.2, 0.25) is 0 Å². The Hall–Kier alpha value is -7.83. The zero-order valence-corrected chi connectivity index (χ0v) is 31.3. The number of rotatable bonds is 5. The van der Waals surface area contributed by atoms with E-state index in [-0.39, 0.29) is 0 Å². The molecule has 0 saturated heterocycles. The summed E-state index contributed by atoms with van der Waals surface area (Å²) in [6.07, 6.45) is 1.48. The van der Waals surface area contributed by atoms with Crippen LogP contribution in [-0.4, -0.2) is 25.8 Å². The molecule has 4 heterocycles. The van der Waals surface area contributed by atoms with Crippen LogP contribution in [0, 0.1) is 0 Å². The Kier molecular flexibility index (Phi) is 7.19. The lowest BCUT2D eigenvalue weighted by molar-refractivity contribution is 0.679. The van der Waals surface area contributed by atoms with Crippen molar-refractivity contribution >= 4 is 76.8 Å². The summed E-state index contributed by atoms with van der Waals surface area (Å²) in [5.41, 5.74) is 8.63. The summed E-state index contributed by atoms with van der Waals surface area (Å²) in [5, 5.41) is 13.3. The van der Waals surface area contributed by atoms with Gasteiger partial charge in [-0.2, -0.15) is 0 Å². The Morgan fingerprint density at radius 1 is 0.448 bits per heavy atom. The van der Waals surface area contributed by atoms with Crippen molar-refractivity contribution in [2.45, 2.75) is 6.17 Å². The maximum absolute atomic E-state index is 5.33. The number of aromatic nitrogens is 3. The molecule has 0 spiro atoms. The van der Waals surface area contributed by atoms with Crippen molar-refractivity contribution in [3.63, 3.8) is 0 Å². The van der Waals surface area contributed by atoms with E-state index in [4.69, 9.17) is 15.0 Å². The van der Waals surface area contributed by atoms with Gasteiger partial charge in [0.1, 0.15) is 17.8 Å². The second-order valence-corrected chi connectivity index (χ2v) is 14.9. The average molecular weight is 743 g/mol. The average Bonchev–Trinajstić information content (AvgIpc) is 3.80. The monoisotopic (exact) mass is 742 g/mol. The Balaban J connectivity index is 1.14. The molecule has 0 fully saturated rings. The Morgan fingerprint density at radius 3 is 1.95 bits per heavy atom. The highest BCUT2D eigenvalue weighted by atomic mass is 15.2. The molecule has 272 valence electrons. The number of nitrogens with one attached hydrogen (secondary N) is 1. The third kappa shape index (κ3) is 5.02. The second-order valence-electron chi connectivity index (χ2n) is 14.9. The lowest BCUT2D eigenvalue weighted by Gasteiger charge is -2.25. The van der Waals surface area contributed by atoms with Crippen molar-refractivity contribution in [2.24, 2.45) is 9.98 Å². The number of para-hydroxylation sites is 1. The van der Waals surface area contributed by atoms with Crippen molar-refractivity contribution in [1.82, 2.24) is 19.4 Å². The maximum Gasteiger partial charge on any atom is 0.159 e. The first-order chi connectivity index (χ1) is 28.8. The SMILES string of the molecule is c1ccc(C2=NC(c3cc(-n4c5ccccc5c5cc6c7c8ccccc8ccc7n(-c7ccccn7)c6cc54)cc4ccccc34)NC(c3ccccc3)=N2)cc1. The third-order valence-corrected chi connectivity index (χ3v) is 11.6. The molecule has 0 aliphatic carbocycles. The molecule has 1 aliphatic heterocycles. The van der Waals surface area contributed by atoms with Crippen LogP contribution in [0.25, 0.3) is 76.7 Å². The minimum atomic E-state index is -0.396. The molecule has 1 N–H and O–H groups in total. The first kappa shape index (κ1) is 32.4. The van der Waals surface area contributed by atoms with Crippen molar-refractivity contribution in [3.8, 4) is 11.5 Å². The molecule has 1 aliphatic rings. The number of hydrogen-bond acceptors (Lipinski definition) is 4. The molecule has 0 amide bonds. The Labute approximate surface area is 333 Å². The normalized spacial score (nSPS) is 14.4. The number of aliphatic imine (C=N–C) groups is 2. The van der Waals surface area contributed by atoms with Gasteiger partial charge >= 0.3 is 0 Å². The van der Waals surface area contributed by atoms with E-state index in [0.717, 1.165) is 66.9 Å². The predicted molar refractivity (Wildman–Crippen MR) is 240 cm³/mol. The van der Waals surface area contributed by atoms with Crippen molar-refractivity contribution in [2.75, 3.05) is 0 Å². The molecular weight excluding hydrogens is 709 g/mol. The molecule has 1 unspecified atom stereocenters. The van der Waals surface area contributed by atoms with Gasteiger partial charge in [0, 0.05) is 50.1 Å². The quantitative estimate of drug-likeness (QED) is 0.191. The van der Waals surface area contributed by atoms with Crippen LogP contribution in [0.5, 0.6) is 0 Å². The fraction of sp³-hybridized carbons (Fsp3) is 0.0192. The van der Waals surface area contributed by atoms with Crippen LogP contribution in [-0.2, 0) is 0 Å². The second kappa shape index (κ2) is 12.9. The van der Waals surface area contributed by atoms with Gasteiger partial charge in [-0.1, -0.05) is 140 Å². The zero-order valence-electron chi connectivity index (χ0n) is 31.3. The lowest BCUT2D eigenvalue weighted by Crippen LogP contribution is -2.33. The molecule has 11 aromatic rings. The van der Waals surface area contributed by atoms with E-state index in [0.29, 0.717) is 5.84 Å². The summed E-state index contributed by atoms with van der Waals surface area (Å²) in [6, 6.07) is 66.7. The molecule has 3 aromatic heterocycles. The molecule has 58 heavy (non-hydrogen) atoms. The lowest BCUT2D eigenvalue weighted by atomic mass is 10.00. The number of pyridine rings is 1. The van der Waals surface area contributed by atoms with Gasteiger partial charge in [0.15, 0.2) is 5.84 Å². The third-order valence-electron chi connectivity index (χ3n) is 11.6. The molecule has 6 nitrogen and oxygen atoms in total. The highest BCUT2D eigenvalue weighted by Crippen LogP contribution is 2.42. The first-order valence-electron chi connectivity index (χ1n) is 19.6. The standard InChI is InChI=1S/C52H34N6/c1-3-16-34(17-4-1)50-54-51(35-18-5-2-6-19-35)56-52(55-50)42-30-37(29-36-20-8-9-21-38(36)42)57-44-24-12-11-23-40(44)41-31-43-47(32-46(41)57)58(48-25-13-14-28-53-48)45-27-26-33-15-7-10-22-39(33)49(43)45/h1-32,52H,(H,54,55,56). The minimum absolute atomic E-state index is 0.396. The fourth-order valence-electron chi connectivity index (χ4n) is 9.01. The largest absolute Gasteiger partial charge is 0.344 e. The van der Waals surface area contributed by atoms with Crippen LogP contribution < -0.4 is 5.32 Å². The number of benzene rings is 8. The van der Waals surface area contributed by atoms with Crippen LogP contribution in [0.15, 0.2) is 204 Å². The highest BCUT2D eigenvalue weighted by Gasteiger charge is 2.25. The van der Waals surface area contributed by atoms with E-state index in [1.807, 2.05) is 48.7 Å². The van der Waals surface area contributed by atoms with Crippen LogP contribution >= 0.6 is 0 Å². The summed E-state index contributed by atoms with van der Waals surface area (Å²) in [4.78, 5) is 15.3.